The van der Waals surface area contributed by atoms with Crippen LogP contribution >= 0.6 is 11.6 Å². The SMILES string of the molecule is NS(=O)(=O)c1ccc(CNC(=O)c2cnc(OC3CCOCC3)c(Cl)c2)cc1. The molecule has 1 aliphatic heterocycles. The molecule has 2 aromatic rings. The van der Waals surface area contributed by atoms with Gasteiger partial charge in [-0.1, -0.05) is 23.7 Å². The van der Waals surface area contributed by atoms with Gasteiger partial charge in [-0.3, -0.25) is 4.79 Å². The lowest BCUT2D eigenvalue weighted by Gasteiger charge is -2.23. The van der Waals surface area contributed by atoms with Crippen molar-refractivity contribution in [3.8, 4) is 5.88 Å². The molecule has 1 amide bonds. The minimum atomic E-state index is -3.74. The second-order valence-electron chi connectivity index (χ2n) is 6.31. The van der Waals surface area contributed by atoms with Gasteiger partial charge in [-0.05, 0) is 23.8 Å². The summed E-state index contributed by atoms with van der Waals surface area (Å²) < 4.78 is 33.6. The molecule has 1 aromatic heterocycles. The van der Waals surface area contributed by atoms with E-state index in [1.54, 1.807) is 12.1 Å². The third kappa shape index (κ3) is 5.41. The van der Waals surface area contributed by atoms with Crippen LogP contribution in [-0.2, 0) is 21.3 Å². The number of nitrogens with two attached hydrogens (primary N) is 1. The maximum absolute atomic E-state index is 12.3. The van der Waals surface area contributed by atoms with Gasteiger partial charge in [0.1, 0.15) is 11.1 Å². The molecule has 1 saturated heterocycles. The number of pyridine rings is 1. The van der Waals surface area contributed by atoms with E-state index in [-0.39, 0.29) is 28.5 Å². The Kier molecular flexibility index (Phi) is 6.50. The van der Waals surface area contributed by atoms with Crippen LogP contribution in [0.25, 0.3) is 0 Å². The summed E-state index contributed by atoms with van der Waals surface area (Å²) in [5, 5.41) is 8.04. The van der Waals surface area contributed by atoms with Crippen molar-refractivity contribution in [2.75, 3.05) is 13.2 Å². The Hall–Kier alpha value is -2.20. The van der Waals surface area contributed by atoms with E-state index >= 15 is 0 Å². The molecule has 0 radical (unpaired) electrons. The van der Waals surface area contributed by atoms with Gasteiger partial charge in [0.25, 0.3) is 5.91 Å². The first-order chi connectivity index (χ1) is 13.3. The van der Waals surface area contributed by atoms with Gasteiger partial charge in [-0.2, -0.15) is 0 Å². The Bertz CT molecular complexity index is 944. The number of nitrogens with zero attached hydrogens (tertiary/aromatic N) is 1. The highest BCUT2D eigenvalue weighted by Gasteiger charge is 2.18. The number of nitrogens with one attached hydrogen (secondary N) is 1. The molecule has 0 unspecified atom stereocenters. The number of sulfonamides is 1. The third-order valence-corrected chi connectivity index (χ3v) is 5.42. The Morgan fingerprint density at radius 2 is 1.96 bits per heavy atom. The predicted molar refractivity (Wildman–Crippen MR) is 103 cm³/mol. The molecule has 1 fully saturated rings. The molecule has 28 heavy (non-hydrogen) atoms. The Morgan fingerprint density at radius 1 is 1.29 bits per heavy atom. The van der Waals surface area contributed by atoms with Gasteiger partial charge in [0.05, 0.1) is 23.7 Å². The molecular weight excluding hydrogens is 406 g/mol. The number of amides is 1. The van der Waals surface area contributed by atoms with Gasteiger partial charge >= 0.3 is 0 Å². The van der Waals surface area contributed by atoms with E-state index in [2.05, 4.69) is 10.3 Å². The zero-order chi connectivity index (χ0) is 20.1. The number of hydrogen-bond donors (Lipinski definition) is 2. The van der Waals surface area contributed by atoms with E-state index < -0.39 is 10.0 Å². The van der Waals surface area contributed by atoms with Crippen LogP contribution in [-0.4, -0.2) is 38.6 Å². The summed E-state index contributed by atoms with van der Waals surface area (Å²) in [6.07, 6.45) is 2.94. The van der Waals surface area contributed by atoms with Crippen molar-refractivity contribution in [1.29, 1.82) is 0 Å². The van der Waals surface area contributed by atoms with Gasteiger partial charge < -0.3 is 14.8 Å². The minimum Gasteiger partial charge on any atom is -0.473 e. The number of carbonyl (C=O) groups is 1. The van der Waals surface area contributed by atoms with Crippen molar-refractivity contribution in [2.45, 2.75) is 30.4 Å². The number of halogens is 1. The third-order valence-electron chi connectivity index (χ3n) is 4.22. The average molecular weight is 426 g/mol. The van der Waals surface area contributed by atoms with Crippen molar-refractivity contribution in [1.82, 2.24) is 10.3 Å². The smallest absolute Gasteiger partial charge is 0.253 e. The number of ether oxygens (including phenoxy) is 2. The number of carbonyl (C=O) groups excluding carboxylic acids is 1. The summed E-state index contributed by atoms with van der Waals surface area (Å²) >= 11 is 6.20. The van der Waals surface area contributed by atoms with E-state index in [0.717, 1.165) is 18.4 Å². The Labute approximate surface area is 168 Å². The van der Waals surface area contributed by atoms with Crippen LogP contribution in [0, 0.1) is 0 Å². The average Bonchev–Trinajstić information content (AvgIpc) is 2.68. The summed E-state index contributed by atoms with van der Waals surface area (Å²) in [5.74, 6) is -0.0637. The first-order valence-corrected chi connectivity index (χ1v) is 10.6. The second-order valence-corrected chi connectivity index (χ2v) is 8.28. The number of primary sulfonamides is 1. The molecule has 150 valence electrons. The maximum Gasteiger partial charge on any atom is 0.253 e. The monoisotopic (exact) mass is 425 g/mol. The van der Waals surface area contributed by atoms with Crippen LogP contribution in [0.15, 0.2) is 41.4 Å². The summed E-state index contributed by atoms with van der Waals surface area (Å²) in [4.78, 5) is 16.5. The number of aromatic nitrogens is 1. The summed E-state index contributed by atoms with van der Waals surface area (Å²) in [7, 11) is -3.74. The van der Waals surface area contributed by atoms with Crippen molar-refractivity contribution in [3.05, 3.63) is 52.7 Å². The van der Waals surface area contributed by atoms with Crippen molar-refractivity contribution in [3.63, 3.8) is 0 Å². The number of rotatable bonds is 6. The summed E-state index contributed by atoms with van der Waals surface area (Å²) in [6.45, 7) is 1.49. The van der Waals surface area contributed by atoms with Crippen LogP contribution in [0.3, 0.4) is 0 Å². The predicted octanol–water partition coefficient (Wildman–Crippen LogP) is 1.87. The lowest BCUT2D eigenvalue weighted by Crippen LogP contribution is -2.26. The molecule has 0 bridgehead atoms. The first-order valence-electron chi connectivity index (χ1n) is 8.63. The fourth-order valence-corrected chi connectivity index (χ4v) is 3.40. The highest BCUT2D eigenvalue weighted by atomic mass is 35.5. The van der Waals surface area contributed by atoms with E-state index in [1.165, 1.54) is 24.4 Å². The molecule has 3 rings (SSSR count). The highest BCUT2D eigenvalue weighted by Crippen LogP contribution is 2.25. The van der Waals surface area contributed by atoms with E-state index in [9.17, 15) is 13.2 Å². The minimum absolute atomic E-state index is 0.00117. The Morgan fingerprint density at radius 3 is 2.57 bits per heavy atom. The topological polar surface area (TPSA) is 121 Å². The maximum atomic E-state index is 12.3. The van der Waals surface area contributed by atoms with Gasteiger partial charge in [-0.25, -0.2) is 18.5 Å². The molecule has 0 spiro atoms. The molecular formula is C18H20ClN3O5S. The van der Waals surface area contributed by atoms with Crippen molar-refractivity contribution < 1.29 is 22.7 Å². The second kappa shape index (κ2) is 8.87. The van der Waals surface area contributed by atoms with Gasteiger partial charge in [0, 0.05) is 25.6 Å². The number of hydrogen-bond acceptors (Lipinski definition) is 6. The van der Waals surface area contributed by atoms with Gasteiger partial charge in [0.2, 0.25) is 15.9 Å². The summed E-state index contributed by atoms with van der Waals surface area (Å²) in [5.41, 5.74) is 1.02. The zero-order valence-corrected chi connectivity index (χ0v) is 16.5. The van der Waals surface area contributed by atoms with Crippen LogP contribution in [0.5, 0.6) is 5.88 Å². The fraction of sp³-hybridized carbons (Fsp3) is 0.333. The fourth-order valence-electron chi connectivity index (χ4n) is 2.67. The standard InChI is InChI=1S/C18H20ClN3O5S/c19-16-9-13(11-22-18(16)27-14-5-7-26-8-6-14)17(23)21-10-12-1-3-15(4-2-12)28(20,24)25/h1-4,9,11,14H,5-8,10H2,(H,21,23)(H2,20,24,25). The van der Waals surface area contributed by atoms with Crippen molar-refractivity contribution in [2.24, 2.45) is 5.14 Å². The highest BCUT2D eigenvalue weighted by molar-refractivity contribution is 7.89. The van der Waals surface area contributed by atoms with E-state index in [4.69, 9.17) is 26.2 Å². The van der Waals surface area contributed by atoms with Crippen molar-refractivity contribution >= 4 is 27.5 Å². The normalized spacial score (nSPS) is 15.2. The lowest BCUT2D eigenvalue weighted by molar-refractivity contribution is 0.0238. The molecule has 8 nitrogen and oxygen atoms in total. The van der Waals surface area contributed by atoms with Gasteiger partial charge in [0.15, 0.2) is 0 Å². The van der Waals surface area contributed by atoms with Gasteiger partial charge in [-0.15, -0.1) is 0 Å². The molecule has 10 heteroatoms. The quantitative estimate of drug-likeness (QED) is 0.728. The summed E-state index contributed by atoms with van der Waals surface area (Å²) in [6, 6.07) is 7.43. The lowest BCUT2D eigenvalue weighted by atomic mass is 10.1. The van der Waals surface area contributed by atoms with Crippen LogP contribution < -0.4 is 15.2 Å². The van der Waals surface area contributed by atoms with E-state index in [1.807, 2.05) is 0 Å². The molecule has 0 saturated carbocycles. The Balaban J connectivity index is 1.59. The first kappa shape index (κ1) is 20.5. The number of benzene rings is 1. The van der Waals surface area contributed by atoms with Crippen LogP contribution in [0.4, 0.5) is 0 Å². The van der Waals surface area contributed by atoms with Crippen LogP contribution in [0.2, 0.25) is 5.02 Å². The molecule has 0 atom stereocenters. The molecule has 0 aliphatic carbocycles. The molecule has 3 N–H and O–H groups in total. The largest absolute Gasteiger partial charge is 0.473 e. The zero-order valence-electron chi connectivity index (χ0n) is 14.9. The van der Waals surface area contributed by atoms with Crippen LogP contribution in [0.1, 0.15) is 28.8 Å². The molecule has 2 heterocycles. The van der Waals surface area contributed by atoms with E-state index in [0.29, 0.717) is 24.7 Å². The molecule has 1 aliphatic rings. The molecule has 1 aromatic carbocycles.